The highest BCUT2D eigenvalue weighted by molar-refractivity contribution is 7.81. The van der Waals surface area contributed by atoms with Gasteiger partial charge in [-0.05, 0) is 12.1 Å². The molecule has 2 aliphatic rings. The normalized spacial score (nSPS) is 20.7. The minimum Gasteiger partial charge on any atom is -0.618 e. The Balaban J connectivity index is 1.63. The van der Waals surface area contributed by atoms with Crippen molar-refractivity contribution in [3.05, 3.63) is 118 Å². The van der Waals surface area contributed by atoms with Crippen LogP contribution in [0.1, 0.15) is 23.2 Å². The maximum Gasteiger partial charge on any atom is 0.204 e. The van der Waals surface area contributed by atoms with Crippen LogP contribution in [0.5, 0.6) is 0 Å². The van der Waals surface area contributed by atoms with E-state index in [1.165, 1.54) is 12.4 Å². The van der Waals surface area contributed by atoms with Crippen molar-refractivity contribution in [2.45, 2.75) is 11.8 Å². The number of Topliss-reactive ketones (excluding diaryl/α,β-unsaturated/α-hetero) is 1. The third kappa shape index (κ3) is 3.53. The maximum absolute atomic E-state index is 13.3. The first-order valence-electron chi connectivity index (χ1n) is 9.25. The van der Waals surface area contributed by atoms with Crippen molar-refractivity contribution in [2.24, 2.45) is 0 Å². The number of rotatable bonds is 4. The average Bonchev–Trinajstić information content (AvgIpc) is 2.75. The van der Waals surface area contributed by atoms with Crippen LogP contribution in [0, 0.1) is 10.4 Å². The smallest absolute Gasteiger partial charge is 0.204 e. The number of hydrogen-bond acceptors (Lipinski definition) is 5. The van der Waals surface area contributed by atoms with Crippen molar-refractivity contribution in [3.8, 4) is 0 Å². The summed E-state index contributed by atoms with van der Waals surface area (Å²) in [4.78, 5) is 14.1. The van der Waals surface area contributed by atoms with Gasteiger partial charge in [0.15, 0.2) is 18.2 Å². The van der Waals surface area contributed by atoms with Gasteiger partial charge in [-0.1, -0.05) is 60.9 Å². The molecule has 148 valence electrons. The molecule has 2 heterocycles. The van der Waals surface area contributed by atoms with Crippen LogP contribution >= 0.6 is 24.4 Å². The Morgan fingerprint density at radius 2 is 1.20 bits per heavy atom. The number of hydrogen-bond donors (Lipinski definition) is 0. The number of aromatic nitrogens is 2. The molecule has 0 saturated heterocycles. The van der Waals surface area contributed by atoms with Crippen LogP contribution in [0.2, 0.25) is 0 Å². The summed E-state index contributed by atoms with van der Waals surface area (Å²) in [6.45, 7) is 0. The third-order valence-electron chi connectivity index (χ3n) is 5.06. The van der Waals surface area contributed by atoms with Gasteiger partial charge in [0, 0.05) is 45.1 Å². The van der Waals surface area contributed by atoms with E-state index in [2.05, 4.69) is 0 Å². The number of nitrogens with zero attached hydrogens (tertiary/aromatic N) is 2. The van der Waals surface area contributed by atoms with E-state index in [0.29, 0.717) is 32.3 Å². The quantitative estimate of drug-likeness (QED) is 0.422. The first kappa shape index (κ1) is 20.0. The van der Waals surface area contributed by atoms with Crippen molar-refractivity contribution in [2.75, 3.05) is 0 Å². The lowest BCUT2D eigenvalue weighted by atomic mass is 9.82. The Bertz CT molecular complexity index is 1100. The van der Waals surface area contributed by atoms with E-state index in [4.69, 9.17) is 24.4 Å². The van der Waals surface area contributed by atoms with Crippen LogP contribution in [-0.4, -0.2) is 15.5 Å². The molecule has 2 unspecified atom stereocenters. The molecule has 0 amide bonds. The van der Waals surface area contributed by atoms with E-state index in [1.54, 1.807) is 72.9 Å². The van der Waals surface area contributed by atoms with Crippen molar-refractivity contribution >= 4 is 39.9 Å². The molecule has 2 aliphatic carbocycles. The molecule has 0 bridgehead atoms. The highest BCUT2D eigenvalue weighted by atomic mass is 32.1. The van der Waals surface area contributed by atoms with E-state index >= 15 is 0 Å². The van der Waals surface area contributed by atoms with E-state index < -0.39 is 11.8 Å². The van der Waals surface area contributed by atoms with Crippen LogP contribution in [0.4, 0.5) is 0 Å². The molecule has 0 saturated carbocycles. The molecule has 5 nitrogen and oxygen atoms in total. The summed E-state index contributed by atoms with van der Waals surface area (Å²) in [5.74, 6) is -1.27. The van der Waals surface area contributed by atoms with Gasteiger partial charge in [-0.2, -0.15) is 9.46 Å². The lowest BCUT2D eigenvalue weighted by Crippen LogP contribution is -2.37. The topological polar surface area (TPSA) is 71.0 Å². The first-order valence-corrected chi connectivity index (χ1v) is 10.1. The second-order valence-corrected chi connectivity index (χ2v) is 7.73. The molecule has 0 aromatic carbocycles. The van der Waals surface area contributed by atoms with Crippen LogP contribution < -0.4 is 9.46 Å². The highest BCUT2D eigenvalue weighted by Crippen LogP contribution is 2.30. The number of allylic oxidation sites excluding steroid dienone is 8. The molecule has 4 rings (SSSR count). The molecule has 0 radical (unpaired) electrons. The number of carbonyl (C=O) groups excluding carboxylic acids is 1. The molecule has 0 aliphatic heterocycles. The molecule has 0 N–H and O–H groups in total. The van der Waals surface area contributed by atoms with Crippen molar-refractivity contribution in [3.63, 3.8) is 0 Å². The summed E-state index contributed by atoms with van der Waals surface area (Å²) in [6, 6.07) is 10.2. The molecule has 0 fully saturated rings. The summed E-state index contributed by atoms with van der Waals surface area (Å²) in [6.07, 6.45) is 13.1. The monoisotopic (exact) mass is 432 g/mol. The Labute approximate surface area is 184 Å². The Morgan fingerprint density at radius 3 is 1.60 bits per heavy atom. The van der Waals surface area contributed by atoms with Crippen molar-refractivity contribution in [1.29, 1.82) is 0 Å². The number of ketones is 1. The predicted molar refractivity (Wildman–Crippen MR) is 121 cm³/mol. The van der Waals surface area contributed by atoms with E-state index in [0.717, 1.165) is 9.46 Å². The van der Waals surface area contributed by atoms with E-state index in [1.807, 2.05) is 0 Å². The van der Waals surface area contributed by atoms with Gasteiger partial charge in [-0.25, -0.2) is 0 Å². The minimum atomic E-state index is -0.482. The zero-order chi connectivity index (χ0) is 21.3. The largest absolute Gasteiger partial charge is 0.618 e. The molecule has 2 aromatic rings. The summed E-state index contributed by atoms with van der Waals surface area (Å²) in [7, 11) is 0. The number of thiocarbonyl (C=S) groups is 2. The summed E-state index contributed by atoms with van der Waals surface area (Å²) >= 11 is 11.2. The van der Waals surface area contributed by atoms with Gasteiger partial charge in [-0.3, -0.25) is 4.79 Å². The second kappa shape index (κ2) is 8.22. The predicted octanol–water partition coefficient (Wildman–Crippen LogP) is 3.12. The Morgan fingerprint density at radius 1 is 0.767 bits per heavy atom. The maximum atomic E-state index is 13.3. The van der Waals surface area contributed by atoms with E-state index in [-0.39, 0.29) is 5.78 Å². The fourth-order valence-corrected chi connectivity index (χ4v) is 4.27. The highest BCUT2D eigenvalue weighted by Gasteiger charge is 2.34. The van der Waals surface area contributed by atoms with Gasteiger partial charge < -0.3 is 10.4 Å². The van der Waals surface area contributed by atoms with Crippen molar-refractivity contribution < 1.29 is 14.3 Å². The van der Waals surface area contributed by atoms with Gasteiger partial charge in [0.25, 0.3) is 0 Å². The van der Waals surface area contributed by atoms with Crippen LogP contribution in [0.15, 0.2) is 96.4 Å². The van der Waals surface area contributed by atoms with Crippen LogP contribution in [0.25, 0.3) is 0 Å². The minimum absolute atomic E-state index is 0.310. The zero-order valence-corrected chi connectivity index (χ0v) is 17.3. The van der Waals surface area contributed by atoms with Gasteiger partial charge in [0.2, 0.25) is 11.4 Å². The Hall–Kier alpha value is -3.29. The zero-order valence-electron chi connectivity index (χ0n) is 15.7. The third-order valence-corrected chi connectivity index (χ3v) is 6.01. The molecular formula is C23H16N2O3S2. The molecule has 2 atom stereocenters. The van der Waals surface area contributed by atoms with Crippen molar-refractivity contribution in [1.82, 2.24) is 0 Å². The first-order chi connectivity index (χ1) is 14.5. The fraction of sp³-hybridized carbons (Fsp3) is 0.0870. The summed E-state index contributed by atoms with van der Waals surface area (Å²) < 4.78 is 1.50. The number of carbonyl (C=O) groups is 1. The molecule has 7 heteroatoms. The summed E-state index contributed by atoms with van der Waals surface area (Å²) in [5, 5.41) is 24.3. The Kier molecular flexibility index (Phi) is 5.48. The van der Waals surface area contributed by atoms with Gasteiger partial charge in [-0.15, -0.1) is 0 Å². The number of pyridine rings is 2. The van der Waals surface area contributed by atoms with E-state index in [9.17, 15) is 15.2 Å². The average molecular weight is 433 g/mol. The van der Waals surface area contributed by atoms with Gasteiger partial charge in [0.1, 0.15) is 0 Å². The molecule has 0 spiro atoms. The molecule has 30 heavy (non-hydrogen) atoms. The fourth-order valence-electron chi connectivity index (χ4n) is 3.55. The molecule has 2 aromatic heterocycles. The molecular weight excluding hydrogens is 416 g/mol. The lowest BCUT2D eigenvalue weighted by molar-refractivity contribution is -0.614. The SMILES string of the molecule is O=C(C1=CC=CC(c2cccc[n+]2[O-])C1=S)C1=CC=CC(c2cccc[n+]2[O-])C1=S. The second-order valence-electron chi connectivity index (χ2n) is 6.85. The van der Waals surface area contributed by atoms with Gasteiger partial charge >= 0.3 is 0 Å². The summed E-state index contributed by atoms with van der Waals surface area (Å²) in [5.41, 5.74) is 1.55. The van der Waals surface area contributed by atoms with Gasteiger partial charge in [0.05, 0.1) is 11.8 Å². The standard InChI is InChI=1S/C23H16N2O3S2/c26-21(17-9-5-7-15(22(17)29)19-11-1-3-13-24(19)27)18-10-6-8-16(23(18)30)20-12-2-4-14-25(20)28/h1-16H. The van der Waals surface area contributed by atoms with Crippen LogP contribution in [0.3, 0.4) is 0 Å². The van der Waals surface area contributed by atoms with Crippen LogP contribution in [-0.2, 0) is 4.79 Å². The lowest BCUT2D eigenvalue weighted by Gasteiger charge is -2.22.